The number of nitrogens with one attached hydrogen (secondary N) is 2. The van der Waals surface area contributed by atoms with Gasteiger partial charge in [-0.2, -0.15) is 0 Å². The van der Waals surface area contributed by atoms with Crippen LogP contribution in [-0.4, -0.2) is 42.9 Å². The first kappa shape index (κ1) is 29.8. The molecule has 0 aromatic heterocycles. The van der Waals surface area contributed by atoms with Crippen LogP contribution in [0.15, 0.2) is 0 Å². The van der Waals surface area contributed by atoms with Crippen molar-refractivity contribution in [1.29, 1.82) is 0 Å². The Morgan fingerprint density at radius 1 is 1.00 bits per heavy atom. The molecular formula is C23H46N2O4. The molecule has 0 aliphatic rings. The number of carbonyl (C=O) groups excluding carboxylic acids is 2. The topological polar surface area (TPSA) is 95.5 Å². The van der Waals surface area contributed by atoms with Gasteiger partial charge in [0, 0.05) is 18.9 Å². The molecule has 29 heavy (non-hydrogen) atoms. The molecule has 172 valence electrons. The predicted molar refractivity (Wildman–Crippen MR) is 120 cm³/mol. The molecule has 2 atom stereocenters. The second-order valence-electron chi connectivity index (χ2n) is 9.54. The largest absolute Gasteiger partial charge is 0.480 e. The molecule has 1 amide bonds. The average molecular weight is 415 g/mol. The smallest absolute Gasteiger partial charge is 0.320 e. The fraction of sp³-hybridized carbons (Fsp3) is 0.870. The summed E-state index contributed by atoms with van der Waals surface area (Å²) >= 11 is 0. The van der Waals surface area contributed by atoms with E-state index >= 15 is 0 Å². The van der Waals surface area contributed by atoms with Crippen molar-refractivity contribution in [3.8, 4) is 0 Å². The van der Waals surface area contributed by atoms with Gasteiger partial charge in [-0.3, -0.25) is 9.59 Å². The zero-order valence-corrected chi connectivity index (χ0v) is 19.8. The van der Waals surface area contributed by atoms with Gasteiger partial charge < -0.3 is 20.5 Å². The zero-order chi connectivity index (χ0) is 22.9. The Kier molecular flexibility index (Phi) is 17.9. The first-order chi connectivity index (χ1) is 13.4. The molecule has 0 saturated heterocycles. The van der Waals surface area contributed by atoms with Crippen LogP contribution in [0.4, 0.5) is 0 Å². The molecule has 0 aromatic rings. The van der Waals surface area contributed by atoms with Crippen LogP contribution < -0.4 is 10.6 Å². The van der Waals surface area contributed by atoms with Gasteiger partial charge in [0.2, 0.25) is 5.91 Å². The molecule has 6 nitrogen and oxygen atoms in total. The van der Waals surface area contributed by atoms with Crippen molar-refractivity contribution in [3.63, 3.8) is 0 Å². The molecule has 0 spiro atoms. The number of hydrogen-bond acceptors (Lipinski definition) is 4. The van der Waals surface area contributed by atoms with Gasteiger partial charge in [0.05, 0.1) is 0 Å². The number of amides is 1. The third kappa shape index (κ3) is 22.7. The molecule has 0 saturated carbocycles. The van der Waals surface area contributed by atoms with Gasteiger partial charge in [0.1, 0.15) is 12.3 Å². The van der Waals surface area contributed by atoms with Crippen molar-refractivity contribution in [2.45, 2.75) is 99.0 Å². The summed E-state index contributed by atoms with van der Waals surface area (Å²) in [6, 6.07) is -0.642. The van der Waals surface area contributed by atoms with E-state index in [1.807, 2.05) is 6.92 Å². The van der Waals surface area contributed by atoms with Gasteiger partial charge in [0.15, 0.2) is 0 Å². The first-order valence-corrected chi connectivity index (χ1v) is 11.0. The monoisotopic (exact) mass is 414 g/mol. The Morgan fingerprint density at radius 2 is 1.59 bits per heavy atom. The third-order valence-electron chi connectivity index (χ3n) is 4.50. The Balaban J connectivity index is 0. The zero-order valence-electron chi connectivity index (χ0n) is 19.8. The number of hydrogen-bond donors (Lipinski definition) is 3. The average Bonchev–Trinajstić information content (AvgIpc) is 2.60. The highest BCUT2D eigenvalue weighted by atomic mass is 16.4. The molecule has 3 N–H and O–H groups in total. The van der Waals surface area contributed by atoms with Crippen molar-refractivity contribution in [3.05, 3.63) is 0 Å². The Bertz CT molecular complexity index is 445. The quantitative estimate of drug-likeness (QED) is 0.289. The number of carboxylic acid groups (broad SMARTS) is 1. The number of carbonyl (C=O) groups is 3. The lowest BCUT2D eigenvalue weighted by Gasteiger charge is -2.19. The first-order valence-electron chi connectivity index (χ1n) is 11.0. The van der Waals surface area contributed by atoms with Gasteiger partial charge >= 0.3 is 5.97 Å². The number of unbranched alkanes of at least 4 members (excludes halogenated alkanes) is 3. The molecular weight excluding hydrogens is 368 g/mol. The highest BCUT2D eigenvalue weighted by Gasteiger charge is 2.16. The van der Waals surface area contributed by atoms with Crippen molar-refractivity contribution in [1.82, 2.24) is 10.6 Å². The molecule has 0 heterocycles. The van der Waals surface area contributed by atoms with Crippen molar-refractivity contribution >= 4 is 18.2 Å². The Hall–Kier alpha value is -1.43. The predicted octanol–water partition coefficient (Wildman–Crippen LogP) is 4.42. The third-order valence-corrected chi connectivity index (χ3v) is 4.50. The van der Waals surface area contributed by atoms with Crippen LogP contribution in [0.1, 0.15) is 92.9 Å². The summed E-state index contributed by atoms with van der Waals surface area (Å²) in [5.41, 5.74) is 0.292. The summed E-state index contributed by atoms with van der Waals surface area (Å²) in [4.78, 5) is 32.5. The molecule has 0 rings (SSSR count). The molecule has 6 heteroatoms. The minimum Gasteiger partial charge on any atom is -0.480 e. The summed E-state index contributed by atoms with van der Waals surface area (Å²) < 4.78 is 0. The summed E-state index contributed by atoms with van der Waals surface area (Å²) in [7, 11) is 1.59. The minimum atomic E-state index is -0.912. The van der Waals surface area contributed by atoms with Crippen LogP contribution >= 0.6 is 0 Å². The van der Waals surface area contributed by atoms with Gasteiger partial charge in [-0.15, -0.1) is 0 Å². The van der Waals surface area contributed by atoms with Crippen LogP contribution in [0, 0.1) is 17.3 Å². The SMILES string of the molecule is CC(C=O)CC(C)(C)C.CNC(CCC(=O)NCCCCCCC(C)C)C(=O)O. The molecule has 0 aliphatic heterocycles. The van der Waals surface area contributed by atoms with Crippen molar-refractivity contribution < 1.29 is 19.5 Å². The molecule has 0 bridgehead atoms. The normalized spacial score (nSPS) is 13.2. The Labute approximate surface area is 178 Å². The van der Waals surface area contributed by atoms with E-state index in [2.05, 4.69) is 45.3 Å². The number of aliphatic carboxylic acids is 1. The van der Waals surface area contributed by atoms with E-state index in [0.29, 0.717) is 18.4 Å². The number of aldehydes is 1. The van der Waals surface area contributed by atoms with E-state index in [0.717, 1.165) is 31.5 Å². The van der Waals surface area contributed by atoms with Crippen LogP contribution in [0.3, 0.4) is 0 Å². The lowest BCUT2D eigenvalue weighted by Crippen LogP contribution is -2.35. The fourth-order valence-corrected chi connectivity index (χ4v) is 3.03. The number of rotatable bonds is 14. The lowest BCUT2D eigenvalue weighted by atomic mass is 9.86. The lowest BCUT2D eigenvalue weighted by molar-refractivity contribution is -0.139. The maximum atomic E-state index is 11.5. The van der Waals surface area contributed by atoms with Crippen molar-refractivity contribution in [2.24, 2.45) is 17.3 Å². The molecule has 0 radical (unpaired) electrons. The van der Waals surface area contributed by atoms with E-state index in [1.54, 1.807) is 7.05 Å². The molecule has 2 unspecified atom stereocenters. The van der Waals surface area contributed by atoms with E-state index in [1.165, 1.54) is 19.3 Å². The highest BCUT2D eigenvalue weighted by Crippen LogP contribution is 2.22. The van der Waals surface area contributed by atoms with Crippen LogP contribution in [0.5, 0.6) is 0 Å². The van der Waals surface area contributed by atoms with Gasteiger partial charge in [0.25, 0.3) is 0 Å². The maximum Gasteiger partial charge on any atom is 0.320 e. The van der Waals surface area contributed by atoms with E-state index in [-0.39, 0.29) is 18.2 Å². The molecule has 0 aromatic carbocycles. The molecule has 0 fully saturated rings. The maximum absolute atomic E-state index is 11.5. The standard InChI is InChI=1S/C15H30N2O3.C8H16O/c1-12(2)8-6-4-5-7-11-17-14(18)10-9-13(16-3)15(19)20;1-7(6-9)5-8(2,3)4/h12-13,16H,4-11H2,1-3H3,(H,17,18)(H,19,20);6-7H,5H2,1-4H3. The Morgan fingerprint density at radius 3 is 2.00 bits per heavy atom. The number of carboxylic acids is 1. The summed E-state index contributed by atoms with van der Waals surface area (Å²) in [6.45, 7) is 13.6. The minimum absolute atomic E-state index is 0.0614. The van der Waals surface area contributed by atoms with E-state index in [9.17, 15) is 14.4 Å². The van der Waals surface area contributed by atoms with Gasteiger partial charge in [-0.05, 0) is 37.6 Å². The van der Waals surface area contributed by atoms with Crippen LogP contribution in [-0.2, 0) is 14.4 Å². The molecule has 0 aliphatic carbocycles. The van der Waals surface area contributed by atoms with Crippen LogP contribution in [0.25, 0.3) is 0 Å². The fourth-order valence-electron chi connectivity index (χ4n) is 3.03. The summed E-state index contributed by atoms with van der Waals surface area (Å²) in [5.74, 6) is 0.00759. The second kappa shape index (κ2) is 17.4. The second-order valence-corrected chi connectivity index (χ2v) is 9.54. The van der Waals surface area contributed by atoms with E-state index in [4.69, 9.17) is 5.11 Å². The highest BCUT2D eigenvalue weighted by molar-refractivity contribution is 5.78. The van der Waals surface area contributed by atoms with E-state index < -0.39 is 12.0 Å². The summed E-state index contributed by atoms with van der Waals surface area (Å²) in [6.07, 6.45) is 8.47. The number of likely N-dealkylation sites (N-methyl/N-ethyl adjacent to an activating group) is 1. The van der Waals surface area contributed by atoms with Crippen LogP contribution in [0.2, 0.25) is 0 Å². The van der Waals surface area contributed by atoms with Gasteiger partial charge in [-0.1, -0.05) is 67.2 Å². The van der Waals surface area contributed by atoms with Crippen molar-refractivity contribution in [2.75, 3.05) is 13.6 Å². The summed E-state index contributed by atoms with van der Waals surface area (Å²) in [5, 5.41) is 14.3. The van der Waals surface area contributed by atoms with Gasteiger partial charge in [-0.25, -0.2) is 0 Å².